The zero-order valence-electron chi connectivity index (χ0n) is 22.9. The molecule has 5 nitrogen and oxygen atoms in total. The lowest BCUT2D eigenvalue weighted by molar-refractivity contribution is -0.149. The Morgan fingerprint density at radius 2 is 1.20 bits per heavy atom. The summed E-state index contributed by atoms with van der Waals surface area (Å²) in [4.78, 5) is 28.9. The van der Waals surface area contributed by atoms with Gasteiger partial charge in [0.25, 0.3) is 0 Å². The topological polar surface area (TPSA) is 58.6 Å². The van der Waals surface area contributed by atoms with Crippen LogP contribution < -0.4 is 5.32 Å². The van der Waals surface area contributed by atoms with Gasteiger partial charge >= 0.3 is 5.97 Å². The SMILES string of the molecule is CCOC(=O)C1CC(NC(=O)CC(c2ccccc2)c2ccccc2)CN1C(c1ccccc1)c1ccccc1. The maximum atomic E-state index is 13.5. The predicted octanol–water partition coefficient (Wildman–Crippen LogP) is 6.12. The van der Waals surface area contributed by atoms with Crippen LogP contribution in [-0.4, -0.2) is 42.0 Å². The normalized spacial score (nSPS) is 17.2. The Morgan fingerprint density at radius 3 is 1.65 bits per heavy atom. The van der Waals surface area contributed by atoms with Gasteiger partial charge in [-0.25, -0.2) is 0 Å². The molecule has 1 amide bonds. The molecule has 0 radical (unpaired) electrons. The van der Waals surface area contributed by atoms with E-state index in [0.717, 1.165) is 22.3 Å². The molecular formula is C35H36N2O3. The fraction of sp³-hybridized carbons (Fsp3) is 0.257. The van der Waals surface area contributed by atoms with Crippen LogP contribution in [0.25, 0.3) is 0 Å². The number of ether oxygens (including phenoxy) is 1. The number of benzene rings is 4. The lowest BCUT2D eigenvalue weighted by Crippen LogP contribution is -2.41. The molecule has 1 aliphatic rings. The van der Waals surface area contributed by atoms with Crippen LogP contribution in [0, 0.1) is 0 Å². The van der Waals surface area contributed by atoms with Gasteiger partial charge in [-0.15, -0.1) is 0 Å². The lowest BCUT2D eigenvalue weighted by Gasteiger charge is -2.32. The van der Waals surface area contributed by atoms with Crippen LogP contribution >= 0.6 is 0 Å². The number of esters is 1. The van der Waals surface area contributed by atoms with Crippen molar-refractivity contribution < 1.29 is 14.3 Å². The molecule has 1 saturated heterocycles. The van der Waals surface area contributed by atoms with Crippen molar-refractivity contribution in [2.75, 3.05) is 13.2 Å². The largest absolute Gasteiger partial charge is 0.465 e. The highest BCUT2D eigenvalue weighted by Crippen LogP contribution is 2.36. The number of hydrogen-bond acceptors (Lipinski definition) is 4. The summed E-state index contributed by atoms with van der Waals surface area (Å²) in [7, 11) is 0. The minimum Gasteiger partial charge on any atom is -0.465 e. The van der Waals surface area contributed by atoms with Crippen LogP contribution in [0.5, 0.6) is 0 Å². The molecule has 1 heterocycles. The second kappa shape index (κ2) is 13.2. The third kappa shape index (κ3) is 6.49. The van der Waals surface area contributed by atoms with Crippen LogP contribution in [0.3, 0.4) is 0 Å². The Morgan fingerprint density at radius 1 is 0.750 bits per heavy atom. The highest BCUT2D eigenvalue weighted by Gasteiger charge is 2.43. The third-order valence-electron chi connectivity index (χ3n) is 7.62. The first-order valence-electron chi connectivity index (χ1n) is 14.1. The van der Waals surface area contributed by atoms with E-state index in [2.05, 4.69) is 58.7 Å². The summed E-state index contributed by atoms with van der Waals surface area (Å²) in [6.45, 7) is 2.69. The second-order valence-electron chi connectivity index (χ2n) is 10.3. The fourth-order valence-electron chi connectivity index (χ4n) is 5.84. The Bertz CT molecular complexity index is 1280. The first-order chi connectivity index (χ1) is 19.6. The van der Waals surface area contributed by atoms with Crippen molar-refractivity contribution in [1.82, 2.24) is 10.2 Å². The van der Waals surface area contributed by atoms with E-state index < -0.39 is 6.04 Å². The molecule has 4 aromatic carbocycles. The number of nitrogens with zero attached hydrogens (tertiary/aromatic N) is 1. The quantitative estimate of drug-likeness (QED) is 0.250. The minimum atomic E-state index is -0.463. The molecule has 5 heteroatoms. The molecule has 0 bridgehead atoms. The van der Waals surface area contributed by atoms with Crippen LogP contribution in [0.2, 0.25) is 0 Å². The summed E-state index contributed by atoms with van der Waals surface area (Å²) in [5.41, 5.74) is 4.41. The van der Waals surface area contributed by atoms with E-state index >= 15 is 0 Å². The van der Waals surface area contributed by atoms with E-state index in [1.54, 1.807) is 0 Å². The molecule has 1 aliphatic heterocycles. The molecule has 2 atom stereocenters. The highest BCUT2D eigenvalue weighted by atomic mass is 16.5. The van der Waals surface area contributed by atoms with E-state index in [4.69, 9.17) is 4.74 Å². The molecule has 2 unspecified atom stereocenters. The van der Waals surface area contributed by atoms with Gasteiger partial charge in [-0.1, -0.05) is 121 Å². The van der Waals surface area contributed by atoms with Gasteiger partial charge in [0.1, 0.15) is 6.04 Å². The van der Waals surface area contributed by atoms with Crippen molar-refractivity contribution in [2.45, 2.75) is 43.8 Å². The van der Waals surface area contributed by atoms with Gasteiger partial charge in [0, 0.05) is 24.9 Å². The van der Waals surface area contributed by atoms with Crippen molar-refractivity contribution in [1.29, 1.82) is 0 Å². The van der Waals surface area contributed by atoms with Gasteiger partial charge in [-0.05, 0) is 35.6 Å². The second-order valence-corrected chi connectivity index (χ2v) is 10.3. The number of nitrogens with one attached hydrogen (secondary N) is 1. The van der Waals surface area contributed by atoms with Crippen LogP contribution in [-0.2, 0) is 14.3 Å². The molecular weight excluding hydrogens is 496 g/mol. The van der Waals surface area contributed by atoms with Gasteiger partial charge in [0.2, 0.25) is 5.91 Å². The number of likely N-dealkylation sites (tertiary alicyclic amines) is 1. The predicted molar refractivity (Wildman–Crippen MR) is 158 cm³/mol. The summed E-state index contributed by atoms with van der Waals surface area (Å²) in [6.07, 6.45) is 0.831. The maximum Gasteiger partial charge on any atom is 0.323 e. The zero-order valence-corrected chi connectivity index (χ0v) is 22.9. The number of carbonyl (C=O) groups is 2. The molecule has 5 rings (SSSR count). The smallest absolute Gasteiger partial charge is 0.323 e. The first-order valence-corrected chi connectivity index (χ1v) is 14.1. The average Bonchev–Trinajstić information content (AvgIpc) is 3.41. The van der Waals surface area contributed by atoms with Crippen molar-refractivity contribution in [3.05, 3.63) is 144 Å². The Balaban J connectivity index is 1.39. The first kappa shape index (κ1) is 27.4. The molecule has 40 heavy (non-hydrogen) atoms. The Labute approximate surface area is 236 Å². The molecule has 1 N–H and O–H groups in total. The molecule has 0 saturated carbocycles. The monoisotopic (exact) mass is 532 g/mol. The van der Waals surface area contributed by atoms with Gasteiger partial charge in [-0.2, -0.15) is 0 Å². The lowest BCUT2D eigenvalue weighted by atomic mass is 9.88. The zero-order chi connectivity index (χ0) is 27.7. The number of hydrogen-bond donors (Lipinski definition) is 1. The highest BCUT2D eigenvalue weighted by molar-refractivity contribution is 5.79. The molecule has 4 aromatic rings. The summed E-state index contributed by atoms with van der Waals surface area (Å²) < 4.78 is 5.52. The molecule has 0 aromatic heterocycles. The fourth-order valence-corrected chi connectivity index (χ4v) is 5.84. The van der Waals surface area contributed by atoms with Crippen molar-refractivity contribution in [3.63, 3.8) is 0 Å². The third-order valence-corrected chi connectivity index (χ3v) is 7.62. The number of rotatable bonds is 10. The van der Waals surface area contributed by atoms with Gasteiger partial charge in [-0.3, -0.25) is 14.5 Å². The number of amides is 1. The van der Waals surface area contributed by atoms with Gasteiger partial charge in [0.15, 0.2) is 0 Å². The van der Waals surface area contributed by atoms with Crippen LogP contribution in [0.4, 0.5) is 0 Å². The Kier molecular flexibility index (Phi) is 9.04. The van der Waals surface area contributed by atoms with Gasteiger partial charge < -0.3 is 10.1 Å². The molecule has 204 valence electrons. The molecule has 0 aliphatic carbocycles. The van der Waals surface area contributed by atoms with E-state index in [9.17, 15) is 9.59 Å². The van der Waals surface area contributed by atoms with E-state index in [1.807, 2.05) is 79.7 Å². The summed E-state index contributed by atoms with van der Waals surface area (Å²) in [6, 6.07) is 40.0. The Hall–Kier alpha value is -4.22. The van der Waals surface area contributed by atoms with E-state index in [0.29, 0.717) is 26.0 Å². The van der Waals surface area contributed by atoms with Crippen molar-refractivity contribution >= 4 is 11.9 Å². The average molecular weight is 533 g/mol. The van der Waals surface area contributed by atoms with Crippen molar-refractivity contribution in [2.24, 2.45) is 0 Å². The van der Waals surface area contributed by atoms with E-state index in [1.165, 1.54) is 0 Å². The standard InChI is InChI=1S/C35H36N2O3/c1-2-40-35(39)32-23-30(25-37(32)34(28-19-11-5-12-20-28)29-21-13-6-14-22-29)36-33(38)24-31(26-15-7-3-8-16-26)27-17-9-4-10-18-27/h3-22,30-32,34H,2,23-25H2,1H3,(H,36,38). The summed E-state index contributed by atoms with van der Waals surface area (Å²) in [5, 5.41) is 3.28. The molecule has 0 spiro atoms. The van der Waals surface area contributed by atoms with Crippen LogP contribution in [0.15, 0.2) is 121 Å². The molecule has 1 fully saturated rings. The van der Waals surface area contributed by atoms with Gasteiger partial charge in [0.05, 0.1) is 12.6 Å². The number of carbonyl (C=O) groups excluding carboxylic acids is 2. The van der Waals surface area contributed by atoms with E-state index in [-0.39, 0.29) is 29.9 Å². The summed E-state index contributed by atoms with van der Waals surface area (Å²) >= 11 is 0. The maximum absolute atomic E-state index is 13.5. The summed E-state index contributed by atoms with van der Waals surface area (Å²) in [5.74, 6) is -0.326. The van der Waals surface area contributed by atoms with Crippen molar-refractivity contribution in [3.8, 4) is 0 Å². The van der Waals surface area contributed by atoms with Crippen LogP contribution in [0.1, 0.15) is 54.0 Å². The minimum absolute atomic E-state index is 0.0249.